The van der Waals surface area contributed by atoms with Gasteiger partial charge < -0.3 is 14.8 Å². The number of esters is 1. The molecule has 0 aliphatic carbocycles. The first-order chi connectivity index (χ1) is 14.5. The number of rotatable bonds is 6. The van der Waals surface area contributed by atoms with Crippen molar-refractivity contribution in [2.45, 2.75) is 19.3 Å². The van der Waals surface area contributed by atoms with E-state index < -0.39 is 5.82 Å². The Kier molecular flexibility index (Phi) is 7.04. The van der Waals surface area contributed by atoms with E-state index in [1.807, 2.05) is 6.07 Å². The summed E-state index contributed by atoms with van der Waals surface area (Å²) in [6.45, 7) is 0. The molecule has 0 spiro atoms. The summed E-state index contributed by atoms with van der Waals surface area (Å²) in [6, 6.07) is 7.94. The number of unbranched alkanes of at least 4 members (excludes halogenated alkanes) is 1. The Bertz CT molecular complexity index is 1140. The number of hydrogen-bond donors (Lipinski definition) is 1. The van der Waals surface area contributed by atoms with Gasteiger partial charge in [-0.25, -0.2) is 14.4 Å². The van der Waals surface area contributed by atoms with Gasteiger partial charge in [0, 0.05) is 30.0 Å². The lowest BCUT2D eigenvalue weighted by Gasteiger charge is -2.11. The molecule has 0 saturated heterocycles. The Morgan fingerprint density at radius 3 is 2.80 bits per heavy atom. The van der Waals surface area contributed by atoms with Gasteiger partial charge in [-0.3, -0.25) is 4.79 Å². The molecule has 1 aromatic heterocycles. The van der Waals surface area contributed by atoms with Crippen molar-refractivity contribution >= 4 is 40.0 Å². The molecule has 0 aliphatic rings. The molecule has 0 bridgehead atoms. The number of carbonyl (C=O) groups is 1. The van der Waals surface area contributed by atoms with E-state index in [-0.39, 0.29) is 11.0 Å². The van der Waals surface area contributed by atoms with E-state index in [1.165, 1.54) is 25.6 Å². The molecule has 3 aromatic rings. The maximum atomic E-state index is 13.4. The van der Waals surface area contributed by atoms with E-state index in [0.29, 0.717) is 47.6 Å². The second kappa shape index (κ2) is 9.90. The third-order valence-corrected chi connectivity index (χ3v) is 4.56. The molecule has 1 N–H and O–H groups in total. The monoisotopic (exact) mass is 427 g/mol. The smallest absolute Gasteiger partial charge is 0.305 e. The molecule has 0 amide bonds. The van der Waals surface area contributed by atoms with E-state index in [2.05, 4.69) is 31.9 Å². The maximum absolute atomic E-state index is 13.4. The molecule has 0 radical (unpaired) electrons. The van der Waals surface area contributed by atoms with Gasteiger partial charge in [-0.05, 0) is 30.7 Å². The van der Waals surface area contributed by atoms with Gasteiger partial charge in [-0.2, -0.15) is 0 Å². The highest BCUT2D eigenvalue weighted by molar-refractivity contribution is 6.31. The van der Waals surface area contributed by atoms with Crippen molar-refractivity contribution in [2.24, 2.45) is 0 Å². The van der Waals surface area contributed by atoms with Crippen molar-refractivity contribution in [2.75, 3.05) is 19.5 Å². The molecule has 1 heterocycles. The quantitative estimate of drug-likeness (QED) is 0.344. The first-order valence-corrected chi connectivity index (χ1v) is 9.50. The van der Waals surface area contributed by atoms with E-state index in [9.17, 15) is 9.18 Å². The Hall–Kier alpha value is -3.37. The Balaban J connectivity index is 1.90. The number of nitrogens with one attached hydrogen (secondary N) is 1. The molecule has 30 heavy (non-hydrogen) atoms. The second-order valence-corrected chi connectivity index (χ2v) is 6.68. The van der Waals surface area contributed by atoms with Crippen LogP contribution in [-0.2, 0) is 9.53 Å². The average Bonchev–Trinajstić information content (AvgIpc) is 2.75. The van der Waals surface area contributed by atoms with Crippen LogP contribution >= 0.6 is 11.6 Å². The van der Waals surface area contributed by atoms with Gasteiger partial charge in [-0.15, -0.1) is 0 Å². The van der Waals surface area contributed by atoms with Crippen LogP contribution in [0.15, 0.2) is 36.7 Å². The van der Waals surface area contributed by atoms with Crippen molar-refractivity contribution in [3.8, 4) is 17.6 Å². The zero-order valence-electron chi connectivity index (χ0n) is 16.5. The molecular formula is C22H19ClFN3O3. The summed E-state index contributed by atoms with van der Waals surface area (Å²) in [4.78, 5) is 19.8. The lowest BCUT2D eigenvalue weighted by molar-refractivity contribution is -0.140. The SMILES string of the molecule is COC(=O)CCCC#Cc1cc2c(Nc3ccc(F)c(Cl)c3)ncnc2cc1OC. The first-order valence-electron chi connectivity index (χ1n) is 9.12. The maximum Gasteiger partial charge on any atom is 0.305 e. The Morgan fingerprint density at radius 1 is 1.23 bits per heavy atom. The van der Waals surface area contributed by atoms with Crippen molar-refractivity contribution in [1.82, 2.24) is 9.97 Å². The molecule has 0 saturated carbocycles. The summed E-state index contributed by atoms with van der Waals surface area (Å²) < 4.78 is 23.5. The number of carbonyl (C=O) groups excluding carboxylic acids is 1. The number of anilines is 2. The predicted octanol–water partition coefficient (Wildman–Crippen LogP) is 4.87. The minimum Gasteiger partial charge on any atom is -0.495 e. The highest BCUT2D eigenvalue weighted by Gasteiger charge is 2.10. The second-order valence-electron chi connectivity index (χ2n) is 6.28. The molecule has 154 valence electrons. The van der Waals surface area contributed by atoms with Crippen LogP contribution < -0.4 is 10.1 Å². The number of fused-ring (bicyclic) bond motifs is 1. The number of aromatic nitrogens is 2. The van der Waals surface area contributed by atoms with E-state index >= 15 is 0 Å². The van der Waals surface area contributed by atoms with E-state index in [1.54, 1.807) is 19.2 Å². The number of hydrogen-bond acceptors (Lipinski definition) is 6. The number of benzene rings is 2. The number of halogens is 2. The van der Waals surface area contributed by atoms with Crippen LogP contribution in [-0.4, -0.2) is 30.2 Å². The fourth-order valence-corrected chi connectivity index (χ4v) is 2.92. The molecule has 0 fully saturated rings. The van der Waals surface area contributed by atoms with Crippen LogP contribution in [0.3, 0.4) is 0 Å². The third-order valence-electron chi connectivity index (χ3n) is 4.27. The minimum absolute atomic E-state index is 0.0125. The predicted molar refractivity (Wildman–Crippen MR) is 114 cm³/mol. The molecule has 3 rings (SSSR count). The van der Waals surface area contributed by atoms with Crippen molar-refractivity contribution in [3.63, 3.8) is 0 Å². The Morgan fingerprint density at radius 2 is 2.07 bits per heavy atom. The van der Waals surface area contributed by atoms with Crippen LogP contribution in [0.4, 0.5) is 15.9 Å². The fraction of sp³-hybridized carbons (Fsp3) is 0.227. The highest BCUT2D eigenvalue weighted by Crippen LogP contribution is 2.30. The number of ether oxygens (including phenoxy) is 2. The summed E-state index contributed by atoms with van der Waals surface area (Å²) in [7, 11) is 2.92. The lowest BCUT2D eigenvalue weighted by atomic mass is 10.1. The highest BCUT2D eigenvalue weighted by atomic mass is 35.5. The first kappa shape index (κ1) is 21.3. The van der Waals surface area contributed by atoms with Gasteiger partial charge in [0.05, 0.1) is 30.3 Å². The molecular weight excluding hydrogens is 409 g/mol. The average molecular weight is 428 g/mol. The van der Waals surface area contributed by atoms with E-state index in [0.717, 1.165) is 5.39 Å². The Labute approximate surface area is 178 Å². The zero-order valence-corrected chi connectivity index (χ0v) is 17.2. The van der Waals surface area contributed by atoms with Crippen molar-refractivity contribution < 1.29 is 18.7 Å². The van der Waals surface area contributed by atoms with Crippen molar-refractivity contribution in [1.29, 1.82) is 0 Å². The molecule has 2 aromatic carbocycles. The van der Waals surface area contributed by atoms with Gasteiger partial charge in [0.15, 0.2) is 0 Å². The van der Waals surface area contributed by atoms with Gasteiger partial charge in [0.25, 0.3) is 0 Å². The van der Waals surface area contributed by atoms with E-state index in [4.69, 9.17) is 16.3 Å². The van der Waals surface area contributed by atoms with Crippen LogP contribution in [0.1, 0.15) is 24.8 Å². The number of nitrogens with zero attached hydrogens (tertiary/aromatic N) is 2. The fourth-order valence-electron chi connectivity index (χ4n) is 2.74. The summed E-state index contributed by atoms with van der Waals surface area (Å²) in [6.07, 6.45) is 2.90. The normalized spacial score (nSPS) is 10.3. The van der Waals surface area contributed by atoms with Crippen LogP contribution in [0.2, 0.25) is 5.02 Å². The van der Waals surface area contributed by atoms with Gasteiger partial charge in [-0.1, -0.05) is 23.4 Å². The topological polar surface area (TPSA) is 73.3 Å². The number of methoxy groups -OCH3 is 2. The van der Waals surface area contributed by atoms with Gasteiger partial charge >= 0.3 is 5.97 Å². The van der Waals surface area contributed by atoms with Crippen LogP contribution in [0, 0.1) is 17.7 Å². The summed E-state index contributed by atoms with van der Waals surface area (Å²) in [5.41, 5.74) is 1.92. The molecule has 6 nitrogen and oxygen atoms in total. The summed E-state index contributed by atoms with van der Waals surface area (Å²) >= 11 is 5.86. The largest absolute Gasteiger partial charge is 0.495 e. The molecule has 0 atom stereocenters. The molecule has 0 aliphatic heterocycles. The lowest BCUT2D eigenvalue weighted by Crippen LogP contribution is -1.99. The molecule has 8 heteroatoms. The molecule has 0 unspecified atom stereocenters. The van der Waals surface area contributed by atoms with Crippen molar-refractivity contribution in [3.05, 3.63) is 53.1 Å². The van der Waals surface area contributed by atoms with Crippen LogP contribution in [0.25, 0.3) is 10.9 Å². The third kappa shape index (κ3) is 5.16. The summed E-state index contributed by atoms with van der Waals surface area (Å²) in [5.74, 6) is 6.48. The zero-order chi connectivity index (χ0) is 21.5. The van der Waals surface area contributed by atoms with Gasteiger partial charge in [0.2, 0.25) is 0 Å². The minimum atomic E-state index is -0.496. The summed E-state index contributed by atoms with van der Waals surface area (Å²) in [5, 5.41) is 3.86. The standard InChI is InChI=1S/C22H19ClFN3O3/c1-29-20-12-19-16(10-14(20)6-4-3-5-7-21(28)30-2)22(26-13-25-19)27-15-8-9-18(24)17(23)11-15/h8-13H,3,5,7H2,1-2H3,(H,25,26,27). The van der Waals surface area contributed by atoms with Gasteiger partial charge in [0.1, 0.15) is 23.7 Å². The van der Waals surface area contributed by atoms with Crippen LogP contribution in [0.5, 0.6) is 5.75 Å².